The molecule has 1 atom stereocenters. The number of hydrogen-bond donors (Lipinski definition) is 2. The summed E-state index contributed by atoms with van der Waals surface area (Å²) in [6.07, 6.45) is 1.31. The lowest BCUT2D eigenvalue weighted by Gasteiger charge is -2.28. The van der Waals surface area contributed by atoms with Gasteiger partial charge in [0.05, 0.1) is 10.9 Å². The number of likely N-dealkylation sites (N-methyl/N-ethyl adjacent to an activating group) is 1. The van der Waals surface area contributed by atoms with E-state index in [1.54, 1.807) is 6.07 Å². The quantitative estimate of drug-likeness (QED) is 0.695. The van der Waals surface area contributed by atoms with E-state index in [0.717, 1.165) is 12.1 Å². The second-order valence-corrected chi connectivity index (χ2v) is 6.20. The van der Waals surface area contributed by atoms with Crippen molar-refractivity contribution in [3.8, 4) is 0 Å². The lowest BCUT2D eigenvalue weighted by Crippen LogP contribution is -2.28. The van der Waals surface area contributed by atoms with Crippen molar-refractivity contribution >= 4 is 10.9 Å². The Kier molecular flexibility index (Phi) is 5.58. The van der Waals surface area contributed by atoms with Crippen LogP contribution in [0.2, 0.25) is 0 Å². The normalized spacial score (nSPS) is 12.6. The summed E-state index contributed by atoms with van der Waals surface area (Å²) < 4.78 is 0. The first-order valence-corrected chi connectivity index (χ1v) is 8.53. The van der Waals surface area contributed by atoms with E-state index in [1.807, 2.05) is 43.4 Å². The number of rotatable bonds is 7. The van der Waals surface area contributed by atoms with Crippen LogP contribution in [-0.2, 0) is 6.42 Å². The molecule has 130 valence electrons. The van der Waals surface area contributed by atoms with Gasteiger partial charge in [-0.1, -0.05) is 42.5 Å². The van der Waals surface area contributed by atoms with Crippen molar-refractivity contribution in [2.45, 2.75) is 18.9 Å². The molecule has 3 aromatic rings. The van der Waals surface area contributed by atoms with Gasteiger partial charge in [0.1, 0.15) is 5.82 Å². The van der Waals surface area contributed by atoms with E-state index in [-0.39, 0.29) is 18.2 Å². The lowest BCUT2D eigenvalue weighted by molar-refractivity contribution is 0.186. The van der Waals surface area contributed by atoms with Crippen LogP contribution in [-0.4, -0.2) is 40.2 Å². The third-order valence-electron chi connectivity index (χ3n) is 4.48. The van der Waals surface area contributed by atoms with E-state index in [2.05, 4.69) is 27.0 Å². The number of nitrogens with zero attached hydrogens (tertiary/aromatic N) is 2. The fourth-order valence-electron chi connectivity index (χ4n) is 3.13. The van der Waals surface area contributed by atoms with Crippen LogP contribution in [0, 0.1) is 0 Å². The topological polar surface area (TPSA) is 69.2 Å². The van der Waals surface area contributed by atoms with Gasteiger partial charge in [-0.15, -0.1) is 0 Å². The van der Waals surface area contributed by atoms with Crippen LogP contribution in [0.15, 0.2) is 59.4 Å². The Morgan fingerprint density at radius 1 is 1.12 bits per heavy atom. The van der Waals surface area contributed by atoms with Crippen molar-refractivity contribution in [1.82, 2.24) is 14.9 Å². The number of hydrogen-bond acceptors (Lipinski definition) is 4. The van der Waals surface area contributed by atoms with Gasteiger partial charge in [-0.2, -0.15) is 0 Å². The van der Waals surface area contributed by atoms with Crippen molar-refractivity contribution in [2.24, 2.45) is 0 Å². The number of fused-ring (bicyclic) bond motifs is 1. The maximum absolute atomic E-state index is 12.2. The molecule has 3 rings (SSSR count). The minimum atomic E-state index is -0.0989. The van der Waals surface area contributed by atoms with Gasteiger partial charge in [0.2, 0.25) is 0 Å². The average Bonchev–Trinajstić information content (AvgIpc) is 2.65. The molecular weight excluding hydrogens is 314 g/mol. The highest BCUT2D eigenvalue weighted by atomic mass is 16.3. The van der Waals surface area contributed by atoms with Crippen LogP contribution >= 0.6 is 0 Å². The Morgan fingerprint density at radius 2 is 1.84 bits per heavy atom. The van der Waals surface area contributed by atoms with Gasteiger partial charge in [-0.3, -0.25) is 9.69 Å². The molecule has 2 N–H and O–H groups in total. The minimum absolute atomic E-state index is 0.0989. The highest BCUT2D eigenvalue weighted by Crippen LogP contribution is 2.22. The number of aromatic nitrogens is 2. The van der Waals surface area contributed by atoms with Crippen LogP contribution in [0.25, 0.3) is 10.9 Å². The molecule has 0 radical (unpaired) electrons. The van der Waals surface area contributed by atoms with Crippen molar-refractivity contribution in [3.05, 3.63) is 76.3 Å². The molecule has 0 aliphatic heterocycles. The maximum atomic E-state index is 12.2. The Balaban J connectivity index is 1.74. The number of nitrogens with one attached hydrogen (secondary N) is 1. The summed E-state index contributed by atoms with van der Waals surface area (Å²) in [5, 5.41) is 10.0. The van der Waals surface area contributed by atoms with Crippen molar-refractivity contribution in [1.29, 1.82) is 0 Å². The van der Waals surface area contributed by atoms with Gasteiger partial charge in [-0.05, 0) is 31.2 Å². The summed E-state index contributed by atoms with van der Waals surface area (Å²) in [6.45, 7) is 0.871. The van der Waals surface area contributed by atoms with Gasteiger partial charge >= 0.3 is 0 Å². The van der Waals surface area contributed by atoms with Crippen LogP contribution in [0.5, 0.6) is 0 Å². The maximum Gasteiger partial charge on any atom is 0.258 e. The average molecular weight is 337 g/mol. The molecule has 0 aliphatic carbocycles. The molecule has 2 aromatic carbocycles. The number of H-pyrrole nitrogens is 1. The van der Waals surface area contributed by atoms with Gasteiger partial charge in [-0.25, -0.2) is 4.98 Å². The van der Waals surface area contributed by atoms with Crippen LogP contribution in [0.1, 0.15) is 23.9 Å². The van der Waals surface area contributed by atoms with E-state index < -0.39 is 0 Å². The van der Waals surface area contributed by atoms with E-state index in [9.17, 15) is 9.90 Å². The fraction of sp³-hybridized carbons (Fsp3) is 0.300. The van der Waals surface area contributed by atoms with Crippen LogP contribution in [0.4, 0.5) is 0 Å². The zero-order chi connectivity index (χ0) is 17.6. The number of aliphatic hydroxyl groups is 1. The van der Waals surface area contributed by atoms with E-state index >= 15 is 0 Å². The van der Waals surface area contributed by atoms with Crippen LogP contribution < -0.4 is 5.56 Å². The number of para-hydroxylation sites is 1. The van der Waals surface area contributed by atoms with E-state index in [0.29, 0.717) is 24.1 Å². The number of benzene rings is 2. The lowest BCUT2D eigenvalue weighted by atomic mass is 10.0. The van der Waals surface area contributed by atoms with Crippen molar-refractivity contribution in [3.63, 3.8) is 0 Å². The van der Waals surface area contributed by atoms with Gasteiger partial charge in [0.15, 0.2) is 0 Å². The molecule has 0 spiro atoms. The first kappa shape index (κ1) is 17.3. The number of aliphatic hydroxyl groups excluding tert-OH is 1. The molecular formula is C20H23N3O2. The Labute approximate surface area is 147 Å². The highest BCUT2D eigenvalue weighted by molar-refractivity contribution is 5.77. The number of aromatic amines is 1. The van der Waals surface area contributed by atoms with Crippen LogP contribution in [0.3, 0.4) is 0 Å². The van der Waals surface area contributed by atoms with E-state index in [1.165, 1.54) is 5.56 Å². The third-order valence-corrected chi connectivity index (χ3v) is 4.48. The van der Waals surface area contributed by atoms with Gasteiger partial charge in [0.25, 0.3) is 5.56 Å². The van der Waals surface area contributed by atoms with Gasteiger partial charge < -0.3 is 10.1 Å². The standard InChI is InChI=1S/C20H23N3O2/c1-23(18(12-14-24)15-7-3-2-4-8-15)13-11-19-21-17-10-6-5-9-16(17)20(25)22-19/h2-10,18,24H,11-14H2,1H3,(H,21,22,25). The molecule has 1 aromatic heterocycles. The Bertz CT molecular complexity index is 877. The summed E-state index contributed by atoms with van der Waals surface area (Å²) in [4.78, 5) is 21.8. The first-order valence-electron chi connectivity index (χ1n) is 8.53. The molecule has 0 bridgehead atoms. The molecule has 0 aliphatic rings. The summed E-state index contributed by atoms with van der Waals surface area (Å²) in [7, 11) is 2.03. The molecule has 0 fully saturated rings. The van der Waals surface area contributed by atoms with Crippen molar-refractivity contribution in [2.75, 3.05) is 20.2 Å². The summed E-state index contributed by atoms with van der Waals surface area (Å²) in [5.41, 5.74) is 1.80. The third kappa shape index (κ3) is 4.13. The Morgan fingerprint density at radius 3 is 2.60 bits per heavy atom. The molecule has 1 heterocycles. The minimum Gasteiger partial charge on any atom is -0.396 e. The summed E-state index contributed by atoms with van der Waals surface area (Å²) in [5.74, 6) is 0.686. The molecule has 5 heteroatoms. The molecule has 0 saturated heterocycles. The summed E-state index contributed by atoms with van der Waals surface area (Å²) in [6, 6.07) is 17.7. The fourth-order valence-corrected chi connectivity index (χ4v) is 3.13. The highest BCUT2D eigenvalue weighted by Gasteiger charge is 2.16. The molecule has 0 saturated carbocycles. The van der Waals surface area contributed by atoms with Crippen molar-refractivity contribution < 1.29 is 5.11 Å². The Hall–Kier alpha value is -2.50. The summed E-state index contributed by atoms with van der Waals surface area (Å²) >= 11 is 0. The van der Waals surface area contributed by atoms with E-state index in [4.69, 9.17) is 0 Å². The monoisotopic (exact) mass is 337 g/mol. The molecule has 5 nitrogen and oxygen atoms in total. The molecule has 0 amide bonds. The largest absolute Gasteiger partial charge is 0.396 e. The predicted molar refractivity (Wildman–Crippen MR) is 99.6 cm³/mol. The predicted octanol–water partition coefficient (Wildman–Crippen LogP) is 2.52. The molecule has 1 unspecified atom stereocenters. The van der Waals surface area contributed by atoms with Gasteiger partial charge in [0, 0.05) is 25.6 Å². The molecule has 25 heavy (non-hydrogen) atoms. The second kappa shape index (κ2) is 8.05. The zero-order valence-electron chi connectivity index (χ0n) is 14.4. The SMILES string of the molecule is CN(CCc1nc2ccccc2c(=O)[nH]1)C(CCO)c1ccccc1. The smallest absolute Gasteiger partial charge is 0.258 e. The zero-order valence-corrected chi connectivity index (χ0v) is 14.4. The first-order chi connectivity index (χ1) is 12.2. The second-order valence-electron chi connectivity index (χ2n) is 6.20.